The van der Waals surface area contributed by atoms with Gasteiger partial charge in [-0.1, -0.05) is 30.3 Å². The van der Waals surface area contributed by atoms with E-state index >= 15 is 0 Å². The summed E-state index contributed by atoms with van der Waals surface area (Å²) in [7, 11) is 0. The number of ether oxygens (including phenoxy) is 1. The molecule has 0 bridgehead atoms. The van der Waals surface area contributed by atoms with Crippen LogP contribution in [0.3, 0.4) is 0 Å². The quantitative estimate of drug-likeness (QED) is 0.931. The van der Waals surface area contributed by atoms with Gasteiger partial charge in [0.25, 0.3) is 5.91 Å². The van der Waals surface area contributed by atoms with E-state index in [1.165, 1.54) is 5.56 Å². The van der Waals surface area contributed by atoms with Crippen LogP contribution in [-0.4, -0.2) is 36.7 Å². The highest BCUT2D eigenvalue weighted by molar-refractivity contribution is 5.97. The number of benzene rings is 1. The lowest BCUT2D eigenvalue weighted by Gasteiger charge is -2.34. The van der Waals surface area contributed by atoms with Gasteiger partial charge >= 0.3 is 0 Å². The number of amides is 1. The molecule has 114 valence electrons. The zero-order valence-electron chi connectivity index (χ0n) is 12.3. The highest BCUT2D eigenvalue weighted by Gasteiger charge is 2.24. The van der Waals surface area contributed by atoms with Crippen LogP contribution >= 0.6 is 0 Å². The molecule has 2 heterocycles. The number of nitrogens with two attached hydrogens (primary N) is 1. The molecule has 1 aliphatic heterocycles. The normalized spacial score (nSPS) is 18.2. The van der Waals surface area contributed by atoms with Crippen LogP contribution in [0.5, 0.6) is 0 Å². The first kappa shape index (κ1) is 14.5. The summed E-state index contributed by atoms with van der Waals surface area (Å²) in [6, 6.07) is 13.7. The second-order valence-electron chi connectivity index (χ2n) is 5.37. The molecule has 5 nitrogen and oxygen atoms in total. The standard InChI is InChI=1S/C17H19N3O2/c18-16(21)15-7-4-8-19-17(15)20-9-10-22-14(12-20)11-13-5-2-1-3-6-13/h1-8,14H,9-12H2,(H2,18,21)/t14-/m1/s1. The first-order valence-electron chi connectivity index (χ1n) is 7.39. The summed E-state index contributed by atoms with van der Waals surface area (Å²) < 4.78 is 5.85. The van der Waals surface area contributed by atoms with E-state index in [0.717, 1.165) is 6.42 Å². The molecule has 5 heteroatoms. The van der Waals surface area contributed by atoms with E-state index in [1.54, 1.807) is 18.3 Å². The van der Waals surface area contributed by atoms with Gasteiger partial charge in [0.1, 0.15) is 5.82 Å². The summed E-state index contributed by atoms with van der Waals surface area (Å²) in [5, 5.41) is 0. The van der Waals surface area contributed by atoms with Gasteiger partial charge in [0.05, 0.1) is 18.3 Å². The zero-order valence-corrected chi connectivity index (χ0v) is 12.3. The van der Waals surface area contributed by atoms with Crippen molar-refractivity contribution in [2.75, 3.05) is 24.6 Å². The summed E-state index contributed by atoms with van der Waals surface area (Å²) in [6.07, 6.45) is 2.61. The number of hydrogen-bond donors (Lipinski definition) is 1. The smallest absolute Gasteiger partial charge is 0.252 e. The summed E-state index contributed by atoms with van der Waals surface area (Å²) in [5.74, 6) is 0.200. The molecule has 0 radical (unpaired) electrons. The highest BCUT2D eigenvalue weighted by Crippen LogP contribution is 2.21. The summed E-state index contributed by atoms with van der Waals surface area (Å²) in [5.41, 5.74) is 7.14. The van der Waals surface area contributed by atoms with Gasteiger partial charge in [0.15, 0.2) is 0 Å². The number of morpholine rings is 1. The van der Waals surface area contributed by atoms with Gasteiger partial charge < -0.3 is 15.4 Å². The van der Waals surface area contributed by atoms with E-state index in [2.05, 4.69) is 22.0 Å². The summed E-state index contributed by atoms with van der Waals surface area (Å²) >= 11 is 0. The summed E-state index contributed by atoms with van der Waals surface area (Å²) in [6.45, 7) is 2.03. The maximum Gasteiger partial charge on any atom is 0.252 e. The maximum absolute atomic E-state index is 11.6. The molecular formula is C17H19N3O2. The number of anilines is 1. The molecule has 1 aliphatic rings. The van der Waals surface area contributed by atoms with Gasteiger partial charge in [0, 0.05) is 25.7 Å². The number of rotatable bonds is 4. The molecule has 2 N–H and O–H groups in total. The van der Waals surface area contributed by atoms with Crippen LogP contribution < -0.4 is 10.6 Å². The Hall–Kier alpha value is -2.40. The molecule has 0 spiro atoms. The van der Waals surface area contributed by atoms with Crippen molar-refractivity contribution in [2.24, 2.45) is 5.73 Å². The van der Waals surface area contributed by atoms with Gasteiger partial charge in [-0.3, -0.25) is 4.79 Å². The SMILES string of the molecule is NC(=O)c1cccnc1N1CCO[C@H](Cc2ccccc2)C1. The Balaban J connectivity index is 1.75. The van der Waals surface area contributed by atoms with Crippen molar-refractivity contribution in [3.63, 3.8) is 0 Å². The largest absolute Gasteiger partial charge is 0.374 e. The maximum atomic E-state index is 11.6. The fourth-order valence-electron chi connectivity index (χ4n) is 2.75. The molecule has 1 atom stereocenters. The Morgan fingerprint density at radius 2 is 2.09 bits per heavy atom. The van der Waals surface area contributed by atoms with Gasteiger partial charge in [0.2, 0.25) is 0 Å². The Morgan fingerprint density at radius 1 is 1.27 bits per heavy atom. The molecule has 1 saturated heterocycles. The predicted molar refractivity (Wildman–Crippen MR) is 84.9 cm³/mol. The molecule has 0 saturated carbocycles. The lowest BCUT2D eigenvalue weighted by Crippen LogP contribution is -2.44. The Bertz CT molecular complexity index is 645. The molecule has 1 fully saturated rings. The first-order valence-corrected chi connectivity index (χ1v) is 7.39. The Morgan fingerprint density at radius 3 is 2.86 bits per heavy atom. The number of hydrogen-bond acceptors (Lipinski definition) is 4. The minimum atomic E-state index is -0.450. The second kappa shape index (κ2) is 6.58. The average Bonchev–Trinajstić information content (AvgIpc) is 2.56. The zero-order chi connectivity index (χ0) is 15.4. The van der Waals surface area contributed by atoms with Crippen LogP contribution in [0.4, 0.5) is 5.82 Å². The van der Waals surface area contributed by atoms with Crippen molar-refractivity contribution < 1.29 is 9.53 Å². The third kappa shape index (κ3) is 3.26. The predicted octanol–water partition coefficient (Wildman–Crippen LogP) is 1.63. The van der Waals surface area contributed by atoms with Gasteiger partial charge in [-0.15, -0.1) is 0 Å². The number of carbonyl (C=O) groups is 1. The fourth-order valence-corrected chi connectivity index (χ4v) is 2.75. The topological polar surface area (TPSA) is 68.5 Å². The van der Waals surface area contributed by atoms with Crippen molar-refractivity contribution in [1.82, 2.24) is 4.98 Å². The molecule has 2 aromatic rings. The molecule has 22 heavy (non-hydrogen) atoms. The van der Waals surface area contributed by atoms with Gasteiger partial charge in [-0.05, 0) is 17.7 Å². The molecule has 0 unspecified atom stereocenters. The van der Waals surface area contributed by atoms with Crippen molar-refractivity contribution in [3.8, 4) is 0 Å². The molecular weight excluding hydrogens is 278 g/mol. The minimum absolute atomic E-state index is 0.0823. The third-order valence-corrected chi connectivity index (χ3v) is 3.80. The van der Waals surface area contributed by atoms with Gasteiger partial charge in [-0.25, -0.2) is 4.98 Å². The Kier molecular flexibility index (Phi) is 4.34. The van der Waals surface area contributed by atoms with E-state index in [1.807, 2.05) is 18.2 Å². The van der Waals surface area contributed by atoms with E-state index in [-0.39, 0.29) is 6.10 Å². The summed E-state index contributed by atoms with van der Waals surface area (Å²) in [4.78, 5) is 18.0. The van der Waals surface area contributed by atoms with E-state index in [9.17, 15) is 4.79 Å². The molecule has 1 aromatic carbocycles. The number of pyridine rings is 1. The fraction of sp³-hybridized carbons (Fsp3) is 0.294. The van der Waals surface area contributed by atoms with Crippen LogP contribution in [0.1, 0.15) is 15.9 Å². The number of carbonyl (C=O) groups excluding carboxylic acids is 1. The average molecular weight is 297 g/mol. The van der Waals surface area contributed by atoms with E-state index in [0.29, 0.717) is 31.1 Å². The van der Waals surface area contributed by atoms with Crippen LogP contribution in [0, 0.1) is 0 Å². The van der Waals surface area contributed by atoms with Crippen molar-refractivity contribution >= 4 is 11.7 Å². The van der Waals surface area contributed by atoms with Crippen LogP contribution in [0.15, 0.2) is 48.7 Å². The van der Waals surface area contributed by atoms with Crippen molar-refractivity contribution in [3.05, 3.63) is 59.8 Å². The number of primary amides is 1. The van der Waals surface area contributed by atoms with Crippen LogP contribution in [-0.2, 0) is 11.2 Å². The highest BCUT2D eigenvalue weighted by atomic mass is 16.5. The van der Waals surface area contributed by atoms with E-state index < -0.39 is 5.91 Å². The van der Waals surface area contributed by atoms with E-state index in [4.69, 9.17) is 10.5 Å². The second-order valence-corrected chi connectivity index (χ2v) is 5.37. The molecule has 1 aromatic heterocycles. The molecule has 3 rings (SSSR count). The molecule has 1 amide bonds. The number of nitrogens with zero attached hydrogens (tertiary/aromatic N) is 2. The minimum Gasteiger partial charge on any atom is -0.374 e. The van der Waals surface area contributed by atoms with Crippen LogP contribution in [0.25, 0.3) is 0 Å². The number of aromatic nitrogens is 1. The lowest BCUT2D eigenvalue weighted by molar-refractivity contribution is 0.0407. The Labute approximate surface area is 129 Å². The lowest BCUT2D eigenvalue weighted by atomic mass is 10.1. The molecule has 0 aliphatic carbocycles. The van der Waals surface area contributed by atoms with Crippen molar-refractivity contribution in [2.45, 2.75) is 12.5 Å². The third-order valence-electron chi connectivity index (χ3n) is 3.80. The van der Waals surface area contributed by atoms with Crippen molar-refractivity contribution in [1.29, 1.82) is 0 Å². The van der Waals surface area contributed by atoms with Gasteiger partial charge in [-0.2, -0.15) is 0 Å². The first-order chi connectivity index (χ1) is 10.7. The monoisotopic (exact) mass is 297 g/mol. The van der Waals surface area contributed by atoms with Crippen LogP contribution in [0.2, 0.25) is 0 Å².